The third-order valence-electron chi connectivity index (χ3n) is 8.76. The van der Waals surface area contributed by atoms with Gasteiger partial charge in [-0.25, -0.2) is 4.90 Å². The highest BCUT2D eigenvalue weighted by Crippen LogP contribution is 2.51. The van der Waals surface area contributed by atoms with Crippen LogP contribution in [0.1, 0.15) is 50.3 Å². The Labute approximate surface area is 249 Å². The standard InChI is InChI=1S/C34H33N3O6/c1-2-6-23-18-27-32(34(40)36(33(27)39)24-7-5-8-25(19-24)37(41)42)28-20-43-30(31(23)28)15-12-22(29-9-3-4-16-35-29)17-21-10-13-26(38)14-11-21/h3-5,7-11,13-14,16-17,19,27-28,30,32,38H,2,6,12,15,18,20H2,1H3/b22-17-/t27-,28+,30-,32-/m1/s1. The fraction of sp³-hybridized carbons (Fsp3) is 0.324. The Balaban J connectivity index is 1.28. The topological polar surface area (TPSA) is 123 Å². The number of nitro benzene ring substituents is 1. The lowest BCUT2D eigenvalue weighted by Gasteiger charge is -2.32. The number of carbonyl (C=O) groups excluding carboxylic acids is 2. The van der Waals surface area contributed by atoms with Crippen LogP contribution < -0.4 is 4.90 Å². The lowest BCUT2D eigenvalue weighted by atomic mass is 9.68. The van der Waals surface area contributed by atoms with Crippen molar-refractivity contribution in [2.45, 2.75) is 45.1 Å². The Hall–Kier alpha value is -4.63. The van der Waals surface area contributed by atoms with Crippen LogP contribution in [0.5, 0.6) is 5.75 Å². The lowest BCUT2D eigenvalue weighted by Crippen LogP contribution is -2.34. The monoisotopic (exact) mass is 579 g/mol. The third-order valence-corrected chi connectivity index (χ3v) is 8.76. The van der Waals surface area contributed by atoms with E-state index in [-0.39, 0.29) is 41.0 Å². The van der Waals surface area contributed by atoms with E-state index in [2.05, 4.69) is 18.0 Å². The van der Waals surface area contributed by atoms with E-state index in [1.807, 2.05) is 30.3 Å². The van der Waals surface area contributed by atoms with Gasteiger partial charge in [0, 0.05) is 24.2 Å². The van der Waals surface area contributed by atoms with Gasteiger partial charge in [-0.2, -0.15) is 0 Å². The summed E-state index contributed by atoms with van der Waals surface area (Å²) in [5.74, 6) is -1.64. The maximum absolute atomic E-state index is 13.8. The first-order valence-electron chi connectivity index (χ1n) is 14.7. The van der Waals surface area contributed by atoms with Gasteiger partial charge in [0.1, 0.15) is 5.75 Å². The van der Waals surface area contributed by atoms with Crippen LogP contribution in [0.25, 0.3) is 11.6 Å². The Kier molecular flexibility index (Phi) is 7.90. The highest BCUT2D eigenvalue weighted by Gasteiger charge is 2.57. The summed E-state index contributed by atoms with van der Waals surface area (Å²) in [4.78, 5) is 44.1. The number of nitro groups is 1. The summed E-state index contributed by atoms with van der Waals surface area (Å²) in [6.07, 6.45) is 7.25. The van der Waals surface area contributed by atoms with Crippen LogP contribution in [0.15, 0.2) is 84.1 Å². The van der Waals surface area contributed by atoms with Crippen molar-refractivity contribution in [2.75, 3.05) is 11.5 Å². The van der Waals surface area contributed by atoms with Gasteiger partial charge in [-0.1, -0.05) is 43.2 Å². The largest absolute Gasteiger partial charge is 0.508 e. The fourth-order valence-electron chi connectivity index (χ4n) is 6.90. The number of aromatic hydroxyl groups is 1. The zero-order valence-electron chi connectivity index (χ0n) is 23.9. The van der Waals surface area contributed by atoms with Crippen molar-refractivity contribution in [1.29, 1.82) is 0 Å². The van der Waals surface area contributed by atoms with Crippen LogP contribution in [0, 0.1) is 27.9 Å². The number of anilines is 1. The number of non-ortho nitro benzene ring substituents is 1. The molecule has 2 fully saturated rings. The molecule has 0 unspecified atom stereocenters. The molecule has 2 saturated heterocycles. The number of allylic oxidation sites excluding steroid dienone is 2. The number of fused-ring (bicyclic) bond motifs is 3. The number of imide groups is 1. The SMILES string of the molecule is CCCC1=C2[C@@H](CC/C(=C/c3ccc(O)cc3)c3ccccn3)OC[C@@H]2[C@@H]2C(=O)N(c3cccc([N+](=O)[O-])c3)C(=O)[C@@H]2C1. The Morgan fingerprint density at radius 1 is 1.09 bits per heavy atom. The number of amides is 2. The summed E-state index contributed by atoms with van der Waals surface area (Å²) in [5.41, 5.74) is 5.27. The molecule has 2 aliphatic heterocycles. The molecule has 9 nitrogen and oxygen atoms in total. The molecule has 1 aromatic heterocycles. The maximum atomic E-state index is 13.8. The van der Waals surface area contributed by atoms with Gasteiger partial charge in [-0.15, -0.1) is 0 Å². The van der Waals surface area contributed by atoms with Crippen LogP contribution >= 0.6 is 0 Å². The van der Waals surface area contributed by atoms with Crippen molar-refractivity contribution in [3.63, 3.8) is 0 Å². The van der Waals surface area contributed by atoms with Gasteiger partial charge in [0.2, 0.25) is 11.8 Å². The van der Waals surface area contributed by atoms with Crippen molar-refractivity contribution < 1.29 is 24.4 Å². The van der Waals surface area contributed by atoms with Crippen LogP contribution in [0.2, 0.25) is 0 Å². The average molecular weight is 580 g/mol. The molecule has 0 spiro atoms. The molecular formula is C34H33N3O6. The number of nitrogens with zero attached hydrogens (tertiary/aromatic N) is 3. The number of benzene rings is 2. The molecular weight excluding hydrogens is 546 g/mol. The number of rotatable bonds is 9. The minimum Gasteiger partial charge on any atom is -0.508 e. The molecule has 3 aliphatic rings. The van der Waals surface area contributed by atoms with Crippen molar-refractivity contribution in [3.8, 4) is 5.75 Å². The summed E-state index contributed by atoms with van der Waals surface area (Å²) >= 11 is 0. The quantitative estimate of drug-likeness (QED) is 0.136. The van der Waals surface area contributed by atoms with Gasteiger partial charge < -0.3 is 9.84 Å². The van der Waals surface area contributed by atoms with E-state index < -0.39 is 16.8 Å². The van der Waals surface area contributed by atoms with E-state index in [0.29, 0.717) is 25.9 Å². The summed E-state index contributed by atoms with van der Waals surface area (Å²) in [5, 5.41) is 21.1. The molecule has 2 aromatic carbocycles. The van der Waals surface area contributed by atoms with Crippen molar-refractivity contribution in [2.24, 2.45) is 17.8 Å². The highest BCUT2D eigenvalue weighted by molar-refractivity contribution is 6.22. The first kappa shape index (κ1) is 28.5. The van der Waals surface area contributed by atoms with Crippen LogP contribution in [0.4, 0.5) is 11.4 Å². The Morgan fingerprint density at radius 2 is 1.91 bits per heavy atom. The molecule has 1 aliphatic carbocycles. The molecule has 3 aromatic rings. The predicted octanol–water partition coefficient (Wildman–Crippen LogP) is 6.34. The van der Waals surface area contributed by atoms with Crippen molar-refractivity contribution in [1.82, 2.24) is 4.98 Å². The minimum absolute atomic E-state index is 0.160. The molecule has 0 bridgehead atoms. The first-order chi connectivity index (χ1) is 20.9. The van der Waals surface area contributed by atoms with Gasteiger partial charge >= 0.3 is 0 Å². The second-order valence-electron chi connectivity index (χ2n) is 11.4. The number of ether oxygens (including phenoxy) is 1. The number of carbonyl (C=O) groups is 2. The second kappa shape index (κ2) is 11.9. The van der Waals surface area contributed by atoms with E-state index >= 15 is 0 Å². The van der Waals surface area contributed by atoms with E-state index in [9.17, 15) is 24.8 Å². The molecule has 9 heteroatoms. The zero-order chi connectivity index (χ0) is 30.1. The van der Waals surface area contributed by atoms with Crippen LogP contribution in [0.3, 0.4) is 0 Å². The molecule has 0 radical (unpaired) electrons. The zero-order valence-corrected chi connectivity index (χ0v) is 23.9. The normalized spacial score (nSPS) is 23.5. The smallest absolute Gasteiger partial charge is 0.271 e. The lowest BCUT2D eigenvalue weighted by molar-refractivity contribution is -0.384. The number of hydrogen-bond acceptors (Lipinski definition) is 7. The Morgan fingerprint density at radius 3 is 2.63 bits per heavy atom. The number of pyridine rings is 1. The van der Waals surface area contributed by atoms with Crippen molar-refractivity contribution >= 4 is 34.8 Å². The predicted molar refractivity (Wildman–Crippen MR) is 162 cm³/mol. The molecule has 4 atom stereocenters. The molecule has 220 valence electrons. The number of phenolic OH excluding ortho intramolecular Hbond substituents is 1. The Bertz CT molecular complexity index is 1610. The highest BCUT2D eigenvalue weighted by atomic mass is 16.6. The van der Waals surface area contributed by atoms with Crippen LogP contribution in [-0.4, -0.2) is 39.5 Å². The van der Waals surface area contributed by atoms with E-state index in [1.54, 1.807) is 24.4 Å². The van der Waals surface area contributed by atoms with Gasteiger partial charge in [0.25, 0.3) is 5.69 Å². The number of hydrogen-bond donors (Lipinski definition) is 1. The van der Waals surface area contributed by atoms with Crippen LogP contribution in [-0.2, 0) is 14.3 Å². The molecule has 1 N–H and O–H groups in total. The molecule has 6 rings (SSSR count). The summed E-state index contributed by atoms with van der Waals surface area (Å²) in [6.45, 7) is 2.47. The third kappa shape index (κ3) is 5.48. The molecule has 0 saturated carbocycles. The second-order valence-corrected chi connectivity index (χ2v) is 11.4. The van der Waals surface area contributed by atoms with E-state index in [1.165, 1.54) is 23.8 Å². The molecule has 3 heterocycles. The minimum atomic E-state index is -0.546. The van der Waals surface area contributed by atoms with Gasteiger partial charge in [0.05, 0.1) is 40.9 Å². The molecule has 2 amide bonds. The number of aromatic nitrogens is 1. The molecule has 43 heavy (non-hydrogen) atoms. The van der Waals surface area contributed by atoms with Gasteiger partial charge in [-0.05, 0) is 78.8 Å². The summed E-state index contributed by atoms with van der Waals surface area (Å²) in [7, 11) is 0. The van der Waals surface area contributed by atoms with Gasteiger partial charge in [0.15, 0.2) is 0 Å². The summed E-state index contributed by atoms with van der Waals surface area (Å²) in [6, 6.07) is 18.6. The summed E-state index contributed by atoms with van der Waals surface area (Å²) < 4.78 is 6.40. The van der Waals surface area contributed by atoms with Gasteiger partial charge in [-0.3, -0.25) is 24.7 Å². The number of phenols is 1. The van der Waals surface area contributed by atoms with E-state index in [0.717, 1.165) is 40.1 Å². The maximum Gasteiger partial charge on any atom is 0.271 e. The van der Waals surface area contributed by atoms with Crippen molar-refractivity contribution in [3.05, 3.63) is 105 Å². The van der Waals surface area contributed by atoms with E-state index in [4.69, 9.17) is 4.74 Å². The average Bonchev–Trinajstić information content (AvgIpc) is 3.55. The first-order valence-corrected chi connectivity index (χ1v) is 14.7. The fourth-order valence-corrected chi connectivity index (χ4v) is 6.90.